The molecule has 1 nitrogen and oxygen atoms in total. The molecule has 0 heterocycles. The Morgan fingerprint density at radius 3 is 2.50 bits per heavy atom. The molecule has 14 heavy (non-hydrogen) atoms. The van der Waals surface area contributed by atoms with Crippen molar-refractivity contribution in [2.45, 2.75) is 9.65 Å². The number of fused-ring (bicyclic) bond motifs is 1. The summed E-state index contributed by atoms with van der Waals surface area (Å²) in [6.07, 6.45) is 0.458. The third-order valence-electron chi connectivity index (χ3n) is 2.19. The molecule has 1 aliphatic rings. The Bertz CT molecular complexity index is 425. The summed E-state index contributed by atoms with van der Waals surface area (Å²) >= 11 is 13.7. The average molecular weight is 448 g/mol. The number of Topliss-reactive ketones (excluding diaryl/α,β-unsaturated/α-hetero) is 1. The van der Waals surface area contributed by atoms with Crippen molar-refractivity contribution in [3.05, 3.63) is 32.2 Å². The Kier molecular flexibility index (Phi) is 2.97. The summed E-state index contributed by atoms with van der Waals surface area (Å²) in [7, 11) is 0. The fourth-order valence-electron chi connectivity index (χ4n) is 1.49. The summed E-state index contributed by atoms with van der Waals surface area (Å²) in [5, 5.41) is 0. The highest BCUT2D eigenvalue weighted by atomic mass is 79.9. The summed E-state index contributed by atoms with van der Waals surface area (Å²) in [5.41, 5.74) is 2.02. The van der Waals surface area contributed by atoms with Crippen LogP contribution in [-0.2, 0) is 14.4 Å². The molecule has 74 valence electrons. The van der Waals surface area contributed by atoms with Crippen LogP contribution in [0.4, 0.5) is 0 Å². The fraction of sp³-hybridized carbons (Fsp3) is 0.222. The van der Waals surface area contributed by atoms with Crippen LogP contribution < -0.4 is 0 Å². The van der Waals surface area contributed by atoms with Crippen molar-refractivity contribution < 1.29 is 4.79 Å². The molecule has 1 aromatic rings. The van der Waals surface area contributed by atoms with Gasteiger partial charge in [0, 0.05) is 15.4 Å². The summed E-state index contributed by atoms with van der Waals surface area (Å²) in [5.74, 6) is 0.131. The quantitative estimate of drug-likeness (QED) is 0.543. The average Bonchev–Trinajstić information content (AvgIpc) is 2.28. The molecule has 1 aromatic carbocycles. The van der Waals surface area contributed by atoms with Gasteiger partial charge in [-0.1, -0.05) is 63.7 Å². The van der Waals surface area contributed by atoms with E-state index in [0.717, 1.165) is 20.1 Å². The molecule has 0 aromatic heterocycles. The predicted octanol–water partition coefficient (Wildman–Crippen LogP) is 4.28. The van der Waals surface area contributed by atoms with Gasteiger partial charge in [-0.05, 0) is 23.3 Å². The molecule has 0 amide bonds. The van der Waals surface area contributed by atoms with Gasteiger partial charge in [-0.15, -0.1) is 0 Å². The molecular weight excluding hydrogens is 444 g/mol. The fourth-order valence-corrected chi connectivity index (χ4v) is 3.84. The zero-order valence-corrected chi connectivity index (χ0v) is 13.1. The Hall–Kier alpha value is 0.810. The number of alkyl halides is 2. The molecule has 0 radical (unpaired) electrons. The van der Waals surface area contributed by atoms with Crippen LogP contribution in [0.25, 0.3) is 0 Å². The molecule has 0 aliphatic heterocycles. The minimum absolute atomic E-state index is 0.131. The lowest BCUT2D eigenvalue weighted by atomic mass is 10.1. The Morgan fingerprint density at radius 2 is 1.86 bits per heavy atom. The summed E-state index contributed by atoms with van der Waals surface area (Å²) in [4.78, 5) is 11.7. The van der Waals surface area contributed by atoms with Crippen LogP contribution in [0.5, 0.6) is 0 Å². The highest BCUT2D eigenvalue weighted by molar-refractivity contribution is 9.25. The lowest BCUT2D eigenvalue weighted by molar-refractivity contribution is -0.117. The SMILES string of the molecule is O=C1Cc2c(Br)cc(Br)cc2C1(Br)Br. The van der Waals surface area contributed by atoms with Crippen LogP contribution in [0, 0.1) is 0 Å². The van der Waals surface area contributed by atoms with Crippen molar-refractivity contribution in [1.82, 2.24) is 0 Å². The number of carbonyl (C=O) groups excluding carboxylic acids is 1. The maximum atomic E-state index is 11.7. The molecule has 1 aliphatic carbocycles. The molecule has 0 N–H and O–H groups in total. The predicted molar refractivity (Wildman–Crippen MR) is 70.1 cm³/mol. The standard InChI is InChI=1S/C9H4Br4O/c10-4-1-6-5(7(11)2-4)3-8(14)9(6,12)13/h1-2H,3H2. The second-order valence-electron chi connectivity index (χ2n) is 3.09. The molecule has 2 rings (SSSR count). The van der Waals surface area contributed by atoms with E-state index in [1.807, 2.05) is 12.1 Å². The van der Waals surface area contributed by atoms with Gasteiger partial charge in [0.2, 0.25) is 0 Å². The van der Waals surface area contributed by atoms with Crippen LogP contribution in [0.15, 0.2) is 21.1 Å². The molecule has 0 spiro atoms. The zero-order valence-electron chi connectivity index (χ0n) is 6.78. The number of carbonyl (C=O) groups is 1. The number of benzene rings is 1. The Labute approximate surface area is 115 Å². The van der Waals surface area contributed by atoms with E-state index in [2.05, 4.69) is 63.7 Å². The summed E-state index contributed by atoms with van der Waals surface area (Å²) in [6, 6.07) is 3.90. The van der Waals surface area contributed by atoms with E-state index in [1.165, 1.54) is 0 Å². The monoisotopic (exact) mass is 444 g/mol. The second kappa shape index (κ2) is 3.68. The van der Waals surface area contributed by atoms with E-state index in [0.29, 0.717) is 6.42 Å². The van der Waals surface area contributed by atoms with Crippen molar-refractivity contribution in [3.8, 4) is 0 Å². The highest BCUT2D eigenvalue weighted by Crippen LogP contribution is 2.49. The summed E-state index contributed by atoms with van der Waals surface area (Å²) in [6.45, 7) is 0. The van der Waals surface area contributed by atoms with E-state index in [9.17, 15) is 4.79 Å². The minimum atomic E-state index is -0.707. The van der Waals surface area contributed by atoms with Gasteiger partial charge in [0.1, 0.15) is 0 Å². The van der Waals surface area contributed by atoms with E-state index in [4.69, 9.17) is 0 Å². The largest absolute Gasteiger partial charge is 0.296 e. The molecule has 0 bridgehead atoms. The van der Waals surface area contributed by atoms with Crippen LogP contribution in [0.3, 0.4) is 0 Å². The normalized spacial score (nSPS) is 18.4. The number of hydrogen-bond donors (Lipinski definition) is 0. The third-order valence-corrected chi connectivity index (χ3v) is 5.09. The summed E-state index contributed by atoms with van der Waals surface area (Å²) < 4.78 is 1.22. The van der Waals surface area contributed by atoms with Crippen molar-refractivity contribution in [2.75, 3.05) is 0 Å². The maximum Gasteiger partial charge on any atom is 0.169 e. The number of ketones is 1. The van der Waals surface area contributed by atoms with Gasteiger partial charge >= 0.3 is 0 Å². The van der Waals surface area contributed by atoms with Crippen molar-refractivity contribution >= 4 is 69.5 Å². The van der Waals surface area contributed by atoms with Gasteiger partial charge < -0.3 is 0 Å². The first-order valence-corrected chi connectivity index (χ1v) is 6.99. The number of halogens is 4. The molecule has 5 heteroatoms. The topological polar surface area (TPSA) is 17.1 Å². The lowest BCUT2D eigenvalue weighted by Gasteiger charge is -2.13. The van der Waals surface area contributed by atoms with Gasteiger partial charge in [-0.3, -0.25) is 4.79 Å². The molecule has 0 saturated heterocycles. The van der Waals surface area contributed by atoms with Crippen LogP contribution in [0.1, 0.15) is 11.1 Å². The second-order valence-corrected chi connectivity index (χ2v) is 8.30. The van der Waals surface area contributed by atoms with Gasteiger partial charge in [0.25, 0.3) is 0 Å². The van der Waals surface area contributed by atoms with E-state index < -0.39 is 3.23 Å². The van der Waals surface area contributed by atoms with Crippen LogP contribution in [-0.4, -0.2) is 5.78 Å². The van der Waals surface area contributed by atoms with Crippen molar-refractivity contribution in [3.63, 3.8) is 0 Å². The van der Waals surface area contributed by atoms with Crippen molar-refractivity contribution in [2.24, 2.45) is 0 Å². The highest BCUT2D eigenvalue weighted by Gasteiger charge is 2.43. The lowest BCUT2D eigenvalue weighted by Crippen LogP contribution is -2.15. The van der Waals surface area contributed by atoms with Crippen LogP contribution in [0.2, 0.25) is 0 Å². The first kappa shape index (κ1) is 11.3. The molecule has 0 atom stereocenters. The molecule has 0 unspecified atom stereocenters. The van der Waals surface area contributed by atoms with Crippen LogP contribution >= 0.6 is 63.7 Å². The third kappa shape index (κ3) is 1.66. The minimum Gasteiger partial charge on any atom is -0.296 e. The number of hydrogen-bond acceptors (Lipinski definition) is 1. The van der Waals surface area contributed by atoms with Crippen molar-refractivity contribution in [1.29, 1.82) is 0 Å². The van der Waals surface area contributed by atoms with Gasteiger partial charge in [-0.25, -0.2) is 0 Å². The molecule has 0 fully saturated rings. The van der Waals surface area contributed by atoms with Gasteiger partial charge in [-0.2, -0.15) is 0 Å². The van der Waals surface area contributed by atoms with E-state index in [1.54, 1.807) is 0 Å². The molecule has 0 saturated carbocycles. The van der Waals surface area contributed by atoms with E-state index in [-0.39, 0.29) is 5.78 Å². The van der Waals surface area contributed by atoms with E-state index >= 15 is 0 Å². The zero-order chi connectivity index (χ0) is 10.5. The van der Waals surface area contributed by atoms with Gasteiger partial charge in [0.05, 0.1) is 0 Å². The molecular formula is C9H4Br4O. The first-order valence-electron chi connectivity index (χ1n) is 3.82. The number of rotatable bonds is 0. The van der Waals surface area contributed by atoms with Gasteiger partial charge in [0.15, 0.2) is 9.02 Å². The Morgan fingerprint density at radius 1 is 1.21 bits per heavy atom. The smallest absolute Gasteiger partial charge is 0.169 e. The maximum absolute atomic E-state index is 11.7. The Balaban J connectivity index is 2.71. The first-order chi connectivity index (χ1) is 6.43.